The van der Waals surface area contributed by atoms with Crippen molar-refractivity contribution in [3.8, 4) is 0 Å². The third-order valence-corrected chi connectivity index (χ3v) is 9.47. The fraction of sp³-hybridized carbons (Fsp3) is 0.406. The van der Waals surface area contributed by atoms with Crippen molar-refractivity contribution in [2.45, 2.75) is 39.4 Å². The Morgan fingerprint density at radius 1 is 1.09 bits per heavy atom. The molecule has 6 rings (SSSR count). The SMILES string of the molecule is Cc1cc(C(=O)N2Cc3cn[nH]c3N(C)c3ccccc32)ccc1CNC(=O)N1CC(C)C(=S)[C@H]1C(=O)N1CCCNCC1. The van der Waals surface area contributed by atoms with Crippen LogP contribution in [-0.2, 0) is 17.9 Å². The van der Waals surface area contributed by atoms with Gasteiger partial charge in [0.05, 0.1) is 24.1 Å². The molecule has 12 heteroatoms. The molecule has 3 aliphatic rings. The largest absolute Gasteiger partial charge is 0.339 e. The molecule has 2 saturated heterocycles. The lowest BCUT2D eigenvalue weighted by Gasteiger charge is -2.29. The van der Waals surface area contributed by atoms with Crippen molar-refractivity contribution in [2.75, 3.05) is 49.6 Å². The molecule has 0 bridgehead atoms. The highest BCUT2D eigenvalue weighted by molar-refractivity contribution is 7.80. The normalized spacial score (nSPS) is 20.1. The number of hydrogen-bond donors (Lipinski definition) is 3. The Labute approximate surface area is 262 Å². The lowest BCUT2D eigenvalue weighted by atomic mass is 10.0. The van der Waals surface area contributed by atoms with Crippen molar-refractivity contribution >= 4 is 52.1 Å². The first-order chi connectivity index (χ1) is 21.2. The van der Waals surface area contributed by atoms with Crippen LogP contribution < -0.4 is 20.4 Å². The molecule has 2 aromatic carbocycles. The summed E-state index contributed by atoms with van der Waals surface area (Å²) >= 11 is 5.66. The number of anilines is 3. The standard InChI is InChI=1S/C32H38N8O3S/c1-20-15-22(30(41)39-19-24-17-35-36-29(24)37(3)25-7-4-5-8-26(25)39)9-10-23(20)16-34-32(43)40-18-21(2)28(44)27(40)31(42)38-13-6-11-33-12-14-38/h4-5,7-10,15,17,21,27,33H,6,11-14,16,18-19H2,1-3H3,(H,34,43)(H,35,36)/t21?,27-/m0/s1. The Morgan fingerprint density at radius 2 is 1.89 bits per heavy atom. The van der Waals surface area contributed by atoms with E-state index in [1.165, 1.54) is 0 Å². The molecule has 230 valence electrons. The van der Waals surface area contributed by atoms with Gasteiger partial charge in [-0.25, -0.2) is 4.79 Å². The molecule has 4 heterocycles. The van der Waals surface area contributed by atoms with Gasteiger partial charge in [0.15, 0.2) is 0 Å². The van der Waals surface area contributed by atoms with Crippen molar-refractivity contribution in [1.82, 2.24) is 30.6 Å². The Kier molecular flexibility index (Phi) is 8.37. The van der Waals surface area contributed by atoms with Gasteiger partial charge in [-0.15, -0.1) is 0 Å². The summed E-state index contributed by atoms with van der Waals surface area (Å²) in [4.78, 5) is 48.6. The number of urea groups is 1. The molecule has 2 atom stereocenters. The van der Waals surface area contributed by atoms with Gasteiger partial charge in [-0.3, -0.25) is 14.7 Å². The van der Waals surface area contributed by atoms with Crippen LogP contribution in [0.25, 0.3) is 0 Å². The predicted octanol–water partition coefficient (Wildman–Crippen LogP) is 3.37. The van der Waals surface area contributed by atoms with E-state index < -0.39 is 6.04 Å². The number of hydrogen-bond acceptors (Lipinski definition) is 7. The van der Waals surface area contributed by atoms with E-state index >= 15 is 0 Å². The molecule has 1 aromatic heterocycles. The number of carbonyl (C=O) groups excluding carboxylic acids is 3. The van der Waals surface area contributed by atoms with Crippen LogP contribution in [0.1, 0.15) is 40.4 Å². The van der Waals surface area contributed by atoms with Crippen LogP contribution in [-0.4, -0.2) is 88.5 Å². The van der Waals surface area contributed by atoms with Gasteiger partial charge in [0.2, 0.25) is 0 Å². The third-order valence-electron chi connectivity index (χ3n) is 8.84. The van der Waals surface area contributed by atoms with E-state index in [-0.39, 0.29) is 30.3 Å². The van der Waals surface area contributed by atoms with Crippen LogP contribution in [0.3, 0.4) is 0 Å². The fourth-order valence-corrected chi connectivity index (χ4v) is 6.61. The number of para-hydroxylation sites is 2. The fourth-order valence-electron chi connectivity index (χ4n) is 6.31. The number of nitrogens with zero attached hydrogens (tertiary/aromatic N) is 5. The van der Waals surface area contributed by atoms with Gasteiger partial charge < -0.3 is 30.2 Å². The van der Waals surface area contributed by atoms with Crippen molar-refractivity contribution < 1.29 is 14.4 Å². The monoisotopic (exact) mass is 614 g/mol. The summed E-state index contributed by atoms with van der Waals surface area (Å²) in [6.07, 6.45) is 2.63. The highest BCUT2D eigenvalue weighted by Crippen LogP contribution is 2.39. The van der Waals surface area contributed by atoms with Crippen LogP contribution in [0, 0.1) is 12.8 Å². The summed E-state index contributed by atoms with van der Waals surface area (Å²) in [5, 5.41) is 13.6. The maximum absolute atomic E-state index is 13.9. The number of aromatic amines is 1. The molecule has 0 saturated carbocycles. The van der Waals surface area contributed by atoms with E-state index in [4.69, 9.17) is 12.2 Å². The molecule has 44 heavy (non-hydrogen) atoms. The Bertz CT molecular complexity index is 1600. The molecular formula is C32H38N8O3S. The summed E-state index contributed by atoms with van der Waals surface area (Å²) < 4.78 is 0. The van der Waals surface area contributed by atoms with Gasteiger partial charge in [-0.1, -0.05) is 37.3 Å². The van der Waals surface area contributed by atoms with Gasteiger partial charge in [-0.2, -0.15) is 5.10 Å². The minimum atomic E-state index is -0.731. The maximum atomic E-state index is 13.9. The van der Waals surface area contributed by atoms with Gasteiger partial charge in [-0.05, 0) is 55.3 Å². The second-order valence-corrected chi connectivity index (χ2v) is 12.2. The van der Waals surface area contributed by atoms with E-state index in [1.807, 2.05) is 67.1 Å². The van der Waals surface area contributed by atoms with E-state index in [2.05, 4.69) is 20.8 Å². The maximum Gasteiger partial charge on any atom is 0.318 e. The summed E-state index contributed by atoms with van der Waals surface area (Å²) in [5.41, 5.74) is 4.97. The number of aromatic nitrogens is 2. The Balaban J connectivity index is 1.16. The minimum Gasteiger partial charge on any atom is -0.339 e. The van der Waals surface area contributed by atoms with E-state index in [0.717, 1.165) is 53.4 Å². The highest BCUT2D eigenvalue weighted by Gasteiger charge is 2.44. The lowest BCUT2D eigenvalue weighted by Crippen LogP contribution is -2.53. The molecular weight excluding hydrogens is 576 g/mol. The molecule has 2 fully saturated rings. The molecule has 1 unspecified atom stereocenters. The number of H-pyrrole nitrogens is 1. The third kappa shape index (κ3) is 5.55. The quantitative estimate of drug-likeness (QED) is 0.386. The van der Waals surface area contributed by atoms with E-state index in [9.17, 15) is 14.4 Å². The number of fused-ring (bicyclic) bond motifs is 2. The topological polar surface area (TPSA) is 117 Å². The van der Waals surface area contributed by atoms with Crippen LogP contribution in [0.15, 0.2) is 48.7 Å². The summed E-state index contributed by atoms with van der Waals surface area (Å²) in [7, 11) is 1.96. The van der Waals surface area contributed by atoms with Crippen LogP contribution in [0.4, 0.5) is 22.0 Å². The number of aryl methyl sites for hydroxylation is 1. The lowest BCUT2D eigenvalue weighted by molar-refractivity contribution is -0.133. The molecule has 3 N–H and O–H groups in total. The molecule has 4 amide bonds. The first-order valence-electron chi connectivity index (χ1n) is 15.1. The number of nitrogens with one attached hydrogen (secondary N) is 3. The van der Waals surface area contributed by atoms with Crippen molar-refractivity contribution in [1.29, 1.82) is 0 Å². The van der Waals surface area contributed by atoms with E-state index in [0.29, 0.717) is 36.6 Å². The molecule has 0 radical (unpaired) electrons. The molecule has 0 spiro atoms. The smallest absolute Gasteiger partial charge is 0.318 e. The first-order valence-corrected chi connectivity index (χ1v) is 15.5. The zero-order chi connectivity index (χ0) is 31.0. The molecule has 3 aliphatic heterocycles. The van der Waals surface area contributed by atoms with Gasteiger partial charge in [0.1, 0.15) is 11.9 Å². The van der Waals surface area contributed by atoms with Crippen molar-refractivity contribution in [3.05, 3.63) is 70.9 Å². The Hall–Kier alpha value is -4.29. The average Bonchev–Trinajstić information content (AvgIpc) is 3.45. The number of carbonyl (C=O) groups is 3. The van der Waals surface area contributed by atoms with Gasteiger partial charge in [0.25, 0.3) is 11.8 Å². The number of rotatable bonds is 4. The Morgan fingerprint density at radius 3 is 2.68 bits per heavy atom. The van der Waals surface area contributed by atoms with Gasteiger partial charge >= 0.3 is 6.03 Å². The first kappa shape index (κ1) is 29.8. The minimum absolute atomic E-state index is 0.0381. The van der Waals surface area contributed by atoms with Crippen LogP contribution >= 0.6 is 12.2 Å². The second-order valence-electron chi connectivity index (χ2n) is 11.8. The molecule has 0 aliphatic carbocycles. The zero-order valence-electron chi connectivity index (χ0n) is 25.3. The predicted molar refractivity (Wildman–Crippen MR) is 173 cm³/mol. The van der Waals surface area contributed by atoms with Crippen molar-refractivity contribution in [2.24, 2.45) is 5.92 Å². The zero-order valence-corrected chi connectivity index (χ0v) is 26.1. The highest BCUT2D eigenvalue weighted by atomic mass is 32.1. The second kappa shape index (κ2) is 12.4. The van der Waals surface area contributed by atoms with Crippen LogP contribution in [0.2, 0.25) is 0 Å². The number of benzene rings is 2. The molecule has 3 aromatic rings. The molecule has 11 nitrogen and oxygen atoms in total. The summed E-state index contributed by atoms with van der Waals surface area (Å²) in [5.74, 6) is 0.601. The summed E-state index contributed by atoms with van der Waals surface area (Å²) in [6.45, 7) is 7.82. The van der Waals surface area contributed by atoms with Crippen LogP contribution in [0.5, 0.6) is 0 Å². The number of thiocarbonyl (C=S) groups is 1. The number of likely N-dealkylation sites (tertiary alicyclic amines) is 1. The van der Waals surface area contributed by atoms with E-state index in [1.54, 1.807) is 22.1 Å². The number of amides is 4. The summed E-state index contributed by atoms with van der Waals surface area (Å²) in [6, 6.07) is 12.3. The average molecular weight is 615 g/mol. The van der Waals surface area contributed by atoms with Crippen molar-refractivity contribution in [3.63, 3.8) is 0 Å². The van der Waals surface area contributed by atoms with Gasteiger partial charge in [0, 0.05) is 61.7 Å².